The number of carbonyl (C=O) groups is 2. The SMILES string of the molecule is COC1=CC(C)(C(=O)O)CC(C(=O)O)=C1. The monoisotopic (exact) mass is 212 g/mol. The minimum atomic E-state index is -1.21. The molecule has 0 radical (unpaired) electrons. The van der Waals surface area contributed by atoms with E-state index in [9.17, 15) is 9.59 Å². The molecule has 1 unspecified atom stereocenters. The Hall–Kier alpha value is -1.78. The molecule has 5 nitrogen and oxygen atoms in total. The number of hydrogen-bond donors (Lipinski definition) is 2. The average Bonchev–Trinajstić information content (AvgIpc) is 2.16. The van der Waals surface area contributed by atoms with Gasteiger partial charge in [-0.15, -0.1) is 0 Å². The minimum absolute atomic E-state index is 0.0372. The highest BCUT2D eigenvalue weighted by molar-refractivity contribution is 5.90. The van der Waals surface area contributed by atoms with Crippen LogP contribution >= 0.6 is 0 Å². The maximum atomic E-state index is 11.0. The molecule has 0 aromatic carbocycles. The number of allylic oxidation sites excluding steroid dienone is 1. The highest BCUT2D eigenvalue weighted by Gasteiger charge is 2.36. The summed E-state index contributed by atoms with van der Waals surface area (Å²) in [6, 6.07) is 0. The van der Waals surface area contributed by atoms with Crippen molar-refractivity contribution in [3.8, 4) is 0 Å². The normalized spacial score (nSPS) is 25.2. The van der Waals surface area contributed by atoms with E-state index in [4.69, 9.17) is 14.9 Å². The van der Waals surface area contributed by atoms with Gasteiger partial charge in [0.25, 0.3) is 0 Å². The van der Waals surface area contributed by atoms with Gasteiger partial charge in [-0.3, -0.25) is 4.79 Å². The van der Waals surface area contributed by atoms with Crippen molar-refractivity contribution in [1.82, 2.24) is 0 Å². The van der Waals surface area contributed by atoms with Crippen LogP contribution in [0.15, 0.2) is 23.5 Å². The van der Waals surface area contributed by atoms with Crippen LogP contribution in [0.4, 0.5) is 0 Å². The van der Waals surface area contributed by atoms with E-state index < -0.39 is 17.4 Å². The molecular weight excluding hydrogens is 200 g/mol. The van der Waals surface area contributed by atoms with Crippen LogP contribution in [0.5, 0.6) is 0 Å². The molecular formula is C10H12O5. The molecule has 1 rings (SSSR count). The smallest absolute Gasteiger partial charge is 0.331 e. The van der Waals surface area contributed by atoms with Crippen molar-refractivity contribution in [1.29, 1.82) is 0 Å². The van der Waals surface area contributed by atoms with Crippen LogP contribution in [0, 0.1) is 5.41 Å². The molecule has 0 aromatic rings. The van der Waals surface area contributed by atoms with Gasteiger partial charge in [-0.25, -0.2) is 4.79 Å². The number of methoxy groups -OCH3 is 1. The van der Waals surface area contributed by atoms with Gasteiger partial charge in [-0.2, -0.15) is 0 Å². The number of carboxylic acid groups (broad SMARTS) is 2. The van der Waals surface area contributed by atoms with Gasteiger partial charge < -0.3 is 14.9 Å². The summed E-state index contributed by atoms with van der Waals surface area (Å²) in [6.07, 6.45) is 2.72. The Balaban J connectivity index is 3.12. The van der Waals surface area contributed by atoms with Gasteiger partial charge in [0.1, 0.15) is 5.76 Å². The summed E-state index contributed by atoms with van der Waals surface area (Å²) in [5.41, 5.74) is -1.17. The molecule has 1 aliphatic carbocycles. The van der Waals surface area contributed by atoms with Gasteiger partial charge in [-0.05, 0) is 25.5 Å². The molecule has 0 bridgehead atoms. The second kappa shape index (κ2) is 3.76. The van der Waals surface area contributed by atoms with Crippen molar-refractivity contribution in [2.45, 2.75) is 13.3 Å². The predicted molar refractivity (Wildman–Crippen MR) is 51.2 cm³/mol. The molecule has 0 heterocycles. The standard InChI is InChI=1S/C10H12O5/c1-10(9(13)14)4-6(8(11)12)3-7(5-10)15-2/h3,5H,4H2,1-2H3,(H,11,12)(H,13,14). The summed E-state index contributed by atoms with van der Waals surface area (Å²) in [5, 5.41) is 17.8. The molecule has 1 aliphatic rings. The molecule has 5 heteroatoms. The number of aliphatic carboxylic acids is 2. The van der Waals surface area contributed by atoms with Gasteiger partial charge in [0.05, 0.1) is 12.5 Å². The van der Waals surface area contributed by atoms with Crippen LogP contribution < -0.4 is 0 Å². The second-order valence-corrected chi connectivity index (χ2v) is 3.62. The van der Waals surface area contributed by atoms with E-state index in [1.54, 1.807) is 0 Å². The van der Waals surface area contributed by atoms with E-state index in [1.165, 1.54) is 26.2 Å². The van der Waals surface area contributed by atoms with Crippen molar-refractivity contribution < 1.29 is 24.5 Å². The molecule has 0 fully saturated rings. The second-order valence-electron chi connectivity index (χ2n) is 3.62. The number of hydrogen-bond acceptors (Lipinski definition) is 3. The summed E-state index contributed by atoms with van der Waals surface area (Å²) in [6.45, 7) is 1.46. The van der Waals surface area contributed by atoms with Crippen LogP contribution in [0.2, 0.25) is 0 Å². The Kier molecular flexibility index (Phi) is 2.83. The van der Waals surface area contributed by atoms with E-state index in [0.717, 1.165) is 0 Å². The number of rotatable bonds is 3. The third-order valence-corrected chi connectivity index (χ3v) is 2.33. The first-order valence-corrected chi connectivity index (χ1v) is 4.33. The fourth-order valence-corrected chi connectivity index (χ4v) is 1.42. The van der Waals surface area contributed by atoms with Crippen molar-refractivity contribution in [2.75, 3.05) is 7.11 Å². The zero-order valence-corrected chi connectivity index (χ0v) is 8.48. The first kappa shape index (κ1) is 11.3. The number of ether oxygens (including phenoxy) is 1. The molecule has 15 heavy (non-hydrogen) atoms. The first-order chi connectivity index (χ1) is 6.89. The lowest BCUT2D eigenvalue weighted by molar-refractivity contribution is -0.145. The van der Waals surface area contributed by atoms with Crippen LogP contribution in [0.3, 0.4) is 0 Å². The lowest BCUT2D eigenvalue weighted by atomic mass is 9.79. The third-order valence-electron chi connectivity index (χ3n) is 2.33. The summed E-state index contributed by atoms with van der Waals surface area (Å²) in [4.78, 5) is 21.8. The average molecular weight is 212 g/mol. The van der Waals surface area contributed by atoms with Gasteiger partial charge in [0.15, 0.2) is 0 Å². The predicted octanol–water partition coefficient (Wildman–Crippen LogP) is 1.02. The highest BCUT2D eigenvalue weighted by Crippen LogP contribution is 2.34. The first-order valence-electron chi connectivity index (χ1n) is 4.33. The van der Waals surface area contributed by atoms with E-state index >= 15 is 0 Å². The van der Waals surface area contributed by atoms with Crippen molar-refractivity contribution in [3.05, 3.63) is 23.5 Å². The van der Waals surface area contributed by atoms with E-state index in [0.29, 0.717) is 0 Å². The summed E-state index contributed by atoms with van der Waals surface area (Å²) in [7, 11) is 1.37. The maximum absolute atomic E-state index is 11.0. The molecule has 0 aliphatic heterocycles. The van der Waals surface area contributed by atoms with Crippen LogP contribution in [0.1, 0.15) is 13.3 Å². The van der Waals surface area contributed by atoms with E-state index in [-0.39, 0.29) is 17.8 Å². The zero-order valence-electron chi connectivity index (χ0n) is 8.48. The summed E-state index contributed by atoms with van der Waals surface area (Å²) < 4.78 is 4.88. The third kappa shape index (κ3) is 2.18. The Morgan fingerprint density at radius 2 is 2.07 bits per heavy atom. The summed E-state index contributed by atoms with van der Waals surface area (Å²) in [5.74, 6) is -1.92. The molecule has 0 amide bonds. The van der Waals surface area contributed by atoms with E-state index in [1.807, 2.05) is 0 Å². The van der Waals surface area contributed by atoms with Gasteiger partial charge in [0, 0.05) is 5.57 Å². The van der Waals surface area contributed by atoms with Crippen LogP contribution in [-0.4, -0.2) is 29.3 Å². The maximum Gasteiger partial charge on any atom is 0.331 e. The molecule has 0 saturated heterocycles. The lowest BCUT2D eigenvalue weighted by Crippen LogP contribution is -2.30. The van der Waals surface area contributed by atoms with Gasteiger partial charge in [-0.1, -0.05) is 0 Å². The Bertz CT molecular complexity index is 366. The highest BCUT2D eigenvalue weighted by atomic mass is 16.5. The molecule has 0 saturated carbocycles. The molecule has 82 valence electrons. The van der Waals surface area contributed by atoms with Gasteiger partial charge >= 0.3 is 11.9 Å². The molecule has 1 atom stereocenters. The molecule has 2 N–H and O–H groups in total. The van der Waals surface area contributed by atoms with Crippen molar-refractivity contribution >= 4 is 11.9 Å². The van der Waals surface area contributed by atoms with E-state index in [2.05, 4.69) is 0 Å². The van der Waals surface area contributed by atoms with Crippen LogP contribution in [-0.2, 0) is 14.3 Å². The number of carboxylic acids is 2. The topological polar surface area (TPSA) is 83.8 Å². The van der Waals surface area contributed by atoms with Crippen molar-refractivity contribution in [3.63, 3.8) is 0 Å². The fraction of sp³-hybridized carbons (Fsp3) is 0.400. The Labute approximate surface area is 86.7 Å². The fourth-order valence-electron chi connectivity index (χ4n) is 1.42. The zero-order chi connectivity index (χ0) is 11.6. The Morgan fingerprint density at radius 1 is 1.47 bits per heavy atom. The summed E-state index contributed by atoms with van der Waals surface area (Å²) >= 11 is 0. The Morgan fingerprint density at radius 3 is 2.47 bits per heavy atom. The minimum Gasteiger partial charge on any atom is -0.497 e. The van der Waals surface area contributed by atoms with Crippen molar-refractivity contribution in [2.24, 2.45) is 5.41 Å². The largest absolute Gasteiger partial charge is 0.497 e. The lowest BCUT2D eigenvalue weighted by Gasteiger charge is -2.25. The quantitative estimate of drug-likeness (QED) is 0.729. The van der Waals surface area contributed by atoms with Crippen LogP contribution in [0.25, 0.3) is 0 Å². The molecule has 0 aromatic heterocycles. The van der Waals surface area contributed by atoms with Gasteiger partial charge in [0.2, 0.25) is 0 Å². The molecule has 0 spiro atoms.